The molecule has 0 amide bonds. The summed E-state index contributed by atoms with van der Waals surface area (Å²) in [5, 5.41) is 0. The van der Waals surface area contributed by atoms with Crippen molar-refractivity contribution in [2.45, 2.75) is 33.6 Å². The highest BCUT2D eigenvalue weighted by molar-refractivity contribution is 5.37. The van der Waals surface area contributed by atoms with Crippen LogP contribution in [0, 0.1) is 0 Å². The minimum atomic E-state index is 1.04. The lowest BCUT2D eigenvalue weighted by atomic mass is 10.0. The lowest BCUT2D eigenvalue weighted by Crippen LogP contribution is -1.82. The summed E-state index contributed by atoms with van der Waals surface area (Å²) < 4.78 is 0. The number of rotatable bonds is 4. The largest absolute Gasteiger partial charge is 0.0953 e. The molecule has 0 atom stereocenters. The van der Waals surface area contributed by atoms with Crippen molar-refractivity contribution in [3.8, 4) is 0 Å². The van der Waals surface area contributed by atoms with Crippen LogP contribution < -0.4 is 0 Å². The van der Waals surface area contributed by atoms with Crippen molar-refractivity contribution in [3.05, 3.63) is 36.0 Å². The number of hydrogen-bond acceptors (Lipinski definition) is 0. The van der Waals surface area contributed by atoms with Gasteiger partial charge in [-0.2, -0.15) is 0 Å². The van der Waals surface area contributed by atoms with Crippen molar-refractivity contribution in [1.82, 2.24) is 0 Å². The van der Waals surface area contributed by atoms with E-state index >= 15 is 0 Å². The van der Waals surface area contributed by atoms with Gasteiger partial charge in [-0.15, -0.1) is 0 Å². The molecule has 0 saturated carbocycles. The predicted molar refractivity (Wildman–Crippen MR) is 52.6 cm³/mol. The van der Waals surface area contributed by atoms with Gasteiger partial charge < -0.3 is 0 Å². The molecule has 0 aromatic carbocycles. The van der Waals surface area contributed by atoms with Gasteiger partial charge in [0.15, 0.2) is 0 Å². The zero-order chi connectivity index (χ0) is 8.69. The highest BCUT2D eigenvalue weighted by Gasteiger charge is 1.93. The molecule has 0 unspecified atom stereocenters. The molecule has 0 aromatic rings. The molecule has 0 saturated heterocycles. The minimum Gasteiger partial charge on any atom is -0.0953 e. The Kier molecular flexibility index (Phi) is 5.54. The summed E-state index contributed by atoms with van der Waals surface area (Å²) in [7, 11) is 0. The summed E-state index contributed by atoms with van der Waals surface area (Å²) in [6.07, 6.45) is 8.51. The van der Waals surface area contributed by atoms with Crippen molar-refractivity contribution in [1.29, 1.82) is 0 Å². The summed E-state index contributed by atoms with van der Waals surface area (Å²) in [5.41, 5.74) is 2.52. The van der Waals surface area contributed by atoms with Crippen molar-refractivity contribution in [3.63, 3.8) is 0 Å². The van der Waals surface area contributed by atoms with Crippen LogP contribution in [0.3, 0.4) is 0 Å². The van der Waals surface area contributed by atoms with Gasteiger partial charge >= 0.3 is 0 Å². The Morgan fingerprint density at radius 3 is 2.36 bits per heavy atom. The third-order valence-electron chi connectivity index (χ3n) is 1.61. The van der Waals surface area contributed by atoms with Gasteiger partial charge in [0, 0.05) is 0 Å². The Balaban J connectivity index is 4.34. The van der Waals surface area contributed by atoms with Crippen molar-refractivity contribution in [2.75, 3.05) is 0 Å². The van der Waals surface area contributed by atoms with Gasteiger partial charge in [0.05, 0.1) is 0 Å². The van der Waals surface area contributed by atoms with Crippen LogP contribution in [0.5, 0.6) is 0 Å². The van der Waals surface area contributed by atoms with Crippen LogP contribution in [0.15, 0.2) is 36.0 Å². The standard InChI is InChI=1S/C11H18/c1-5-8-11(9-6-2)10(4)7-3/h5,8-9H,4,6-7H2,1-3H3/b8-5-,11-9+. The number of hydrogen-bond donors (Lipinski definition) is 0. The van der Waals surface area contributed by atoms with Crippen LogP contribution in [0.1, 0.15) is 33.6 Å². The molecule has 0 aliphatic heterocycles. The van der Waals surface area contributed by atoms with E-state index in [1.807, 2.05) is 6.92 Å². The van der Waals surface area contributed by atoms with Crippen molar-refractivity contribution in [2.24, 2.45) is 0 Å². The van der Waals surface area contributed by atoms with E-state index in [1.54, 1.807) is 0 Å². The van der Waals surface area contributed by atoms with Gasteiger partial charge in [0.25, 0.3) is 0 Å². The van der Waals surface area contributed by atoms with Crippen LogP contribution in [0.25, 0.3) is 0 Å². The number of allylic oxidation sites excluding steroid dienone is 5. The first kappa shape index (κ1) is 10.2. The van der Waals surface area contributed by atoms with E-state index < -0.39 is 0 Å². The van der Waals surface area contributed by atoms with Gasteiger partial charge in [-0.1, -0.05) is 38.7 Å². The Hall–Kier alpha value is -0.780. The molecule has 0 spiro atoms. The molecule has 11 heavy (non-hydrogen) atoms. The Labute approximate surface area is 70.3 Å². The maximum absolute atomic E-state index is 3.99. The topological polar surface area (TPSA) is 0 Å². The highest BCUT2D eigenvalue weighted by atomic mass is 14.0. The molecule has 0 fully saturated rings. The second-order valence-corrected chi connectivity index (χ2v) is 2.52. The van der Waals surface area contributed by atoms with E-state index in [9.17, 15) is 0 Å². The monoisotopic (exact) mass is 150 g/mol. The second kappa shape index (κ2) is 5.96. The average molecular weight is 150 g/mol. The summed E-state index contributed by atoms with van der Waals surface area (Å²) in [4.78, 5) is 0. The van der Waals surface area contributed by atoms with Crippen molar-refractivity contribution < 1.29 is 0 Å². The zero-order valence-electron chi connectivity index (χ0n) is 7.85. The van der Waals surface area contributed by atoms with Gasteiger partial charge in [0.1, 0.15) is 0 Å². The lowest BCUT2D eigenvalue weighted by Gasteiger charge is -2.02. The average Bonchev–Trinajstić information content (AvgIpc) is 2.03. The molecule has 0 bridgehead atoms. The zero-order valence-corrected chi connectivity index (χ0v) is 7.85. The highest BCUT2D eigenvalue weighted by Crippen LogP contribution is 2.13. The smallest absolute Gasteiger partial charge is 0.0274 e. The van der Waals surface area contributed by atoms with E-state index in [0.29, 0.717) is 0 Å². The van der Waals surface area contributed by atoms with Crippen LogP contribution in [0.4, 0.5) is 0 Å². The summed E-state index contributed by atoms with van der Waals surface area (Å²) in [6, 6.07) is 0. The Morgan fingerprint density at radius 1 is 1.36 bits per heavy atom. The SMILES string of the molecule is C=C(CC)C(/C=C\C)=C/CC. The molecule has 0 nitrogen and oxygen atoms in total. The van der Waals surface area contributed by atoms with Crippen LogP contribution in [0.2, 0.25) is 0 Å². The maximum Gasteiger partial charge on any atom is -0.0274 e. The molecule has 0 radical (unpaired) electrons. The van der Waals surface area contributed by atoms with Crippen molar-refractivity contribution >= 4 is 0 Å². The predicted octanol–water partition coefficient (Wildman–Crippen LogP) is 3.87. The molecule has 0 aliphatic rings. The molecule has 0 N–H and O–H groups in total. The van der Waals surface area contributed by atoms with Crippen LogP contribution >= 0.6 is 0 Å². The summed E-state index contributed by atoms with van der Waals surface area (Å²) in [5.74, 6) is 0. The van der Waals surface area contributed by atoms with E-state index in [-0.39, 0.29) is 0 Å². The van der Waals surface area contributed by atoms with E-state index in [4.69, 9.17) is 0 Å². The van der Waals surface area contributed by atoms with Gasteiger partial charge in [-0.05, 0) is 30.9 Å². The summed E-state index contributed by atoms with van der Waals surface area (Å²) in [6.45, 7) is 10.3. The third kappa shape index (κ3) is 3.82. The fraction of sp³-hybridized carbons (Fsp3) is 0.455. The molecule has 0 heterocycles. The first-order chi connectivity index (χ1) is 5.26. The Morgan fingerprint density at radius 2 is 2.00 bits per heavy atom. The molecular formula is C11H18. The maximum atomic E-state index is 3.99. The summed E-state index contributed by atoms with van der Waals surface area (Å²) >= 11 is 0. The molecule has 0 rings (SSSR count). The molecule has 62 valence electrons. The normalized spacial score (nSPS) is 12.5. The molecule has 0 aromatic heterocycles. The van der Waals surface area contributed by atoms with E-state index in [2.05, 4.69) is 38.7 Å². The van der Waals surface area contributed by atoms with E-state index in [1.165, 1.54) is 11.1 Å². The molecule has 0 aliphatic carbocycles. The Bertz CT molecular complexity index is 170. The van der Waals surface area contributed by atoms with Gasteiger partial charge in [-0.3, -0.25) is 0 Å². The van der Waals surface area contributed by atoms with Crippen LogP contribution in [-0.4, -0.2) is 0 Å². The fourth-order valence-corrected chi connectivity index (χ4v) is 0.934. The first-order valence-corrected chi connectivity index (χ1v) is 4.27. The quantitative estimate of drug-likeness (QED) is 0.534. The lowest BCUT2D eigenvalue weighted by molar-refractivity contribution is 1.11. The molecule has 0 heteroatoms. The minimum absolute atomic E-state index is 1.04. The van der Waals surface area contributed by atoms with Crippen LogP contribution in [-0.2, 0) is 0 Å². The van der Waals surface area contributed by atoms with E-state index in [0.717, 1.165) is 12.8 Å². The fourth-order valence-electron chi connectivity index (χ4n) is 0.934. The third-order valence-corrected chi connectivity index (χ3v) is 1.61. The second-order valence-electron chi connectivity index (χ2n) is 2.52. The molecular weight excluding hydrogens is 132 g/mol. The first-order valence-electron chi connectivity index (χ1n) is 4.27. The van der Waals surface area contributed by atoms with Gasteiger partial charge in [0.2, 0.25) is 0 Å². The van der Waals surface area contributed by atoms with Gasteiger partial charge in [-0.25, -0.2) is 0 Å².